The first-order valence-corrected chi connectivity index (χ1v) is 8.17. The van der Waals surface area contributed by atoms with E-state index in [0.29, 0.717) is 0 Å². The Morgan fingerprint density at radius 2 is 1.62 bits per heavy atom. The third-order valence-electron chi connectivity index (χ3n) is 2.47. The van der Waals surface area contributed by atoms with Crippen molar-refractivity contribution in [2.75, 3.05) is 12.3 Å². The fraction of sp³-hybridized carbons (Fsp3) is 0.455. The molecule has 0 saturated carbocycles. The lowest BCUT2D eigenvalue weighted by Gasteiger charge is -2.17. The second kappa shape index (κ2) is 4.93. The summed E-state index contributed by atoms with van der Waals surface area (Å²) in [5.74, 6) is 0. The van der Waals surface area contributed by atoms with Crippen LogP contribution in [0.3, 0.4) is 0 Å². The van der Waals surface area contributed by atoms with Crippen LogP contribution in [0.15, 0.2) is 30.3 Å². The fourth-order valence-electron chi connectivity index (χ4n) is 1.36. The van der Waals surface area contributed by atoms with Gasteiger partial charge in [0.15, 0.2) is 0 Å². The van der Waals surface area contributed by atoms with Gasteiger partial charge in [0.25, 0.3) is 0 Å². The van der Waals surface area contributed by atoms with E-state index in [2.05, 4.69) is 44.2 Å². The van der Waals surface area contributed by atoms with Crippen LogP contribution >= 0.6 is 6.04 Å². The Balaban J connectivity index is 2.74. The molecule has 0 aliphatic rings. The molecular formula is C11H17PS. The molecule has 1 rings (SSSR count). The van der Waals surface area contributed by atoms with Crippen LogP contribution in [0.2, 0.25) is 0 Å². The van der Waals surface area contributed by atoms with Gasteiger partial charge < -0.3 is 0 Å². The minimum absolute atomic E-state index is 1.07. The van der Waals surface area contributed by atoms with Crippen molar-refractivity contribution in [2.45, 2.75) is 20.0 Å². The number of rotatable bonds is 4. The molecular weight excluding hydrogens is 195 g/mol. The molecule has 2 heteroatoms. The van der Waals surface area contributed by atoms with Gasteiger partial charge in [-0.05, 0) is 23.9 Å². The van der Waals surface area contributed by atoms with E-state index in [1.165, 1.54) is 17.9 Å². The predicted molar refractivity (Wildman–Crippen MR) is 65.5 cm³/mol. The highest BCUT2D eigenvalue weighted by atomic mass is 32.4. The monoisotopic (exact) mass is 212 g/mol. The van der Waals surface area contributed by atoms with Gasteiger partial charge in [0.05, 0.1) is 0 Å². The summed E-state index contributed by atoms with van der Waals surface area (Å²) in [4.78, 5) is 0. The molecule has 0 aliphatic carbocycles. The molecule has 0 atom stereocenters. The van der Waals surface area contributed by atoms with E-state index < -0.39 is 6.04 Å². The van der Waals surface area contributed by atoms with Crippen molar-refractivity contribution < 1.29 is 0 Å². The number of hydrogen-bond donors (Lipinski definition) is 0. The third kappa shape index (κ3) is 3.25. The minimum atomic E-state index is -1.07. The first-order chi connectivity index (χ1) is 6.20. The molecule has 0 saturated heterocycles. The van der Waals surface area contributed by atoms with Crippen molar-refractivity contribution in [1.29, 1.82) is 0 Å². The van der Waals surface area contributed by atoms with E-state index in [1.54, 1.807) is 0 Å². The molecule has 1 aromatic carbocycles. The van der Waals surface area contributed by atoms with Crippen LogP contribution in [-0.2, 0) is 18.0 Å². The van der Waals surface area contributed by atoms with Crippen molar-refractivity contribution in [3.63, 3.8) is 0 Å². The van der Waals surface area contributed by atoms with Gasteiger partial charge in [0.1, 0.15) is 0 Å². The number of benzene rings is 1. The van der Waals surface area contributed by atoms with E-state index >= 15 is 0 Å². The molecule has 1 aromatic rings. The maximum Gasteiger partial charge on any atom is 0.00176 e. The van der Waals surface area contributed by atoms with Crippen LogP contribution < -0.4 is 0 Å². The molecule has 0 aromatic heterocycles. The molecule has 0 radical (unpaired) electrons. The highest BCUT2D eigenvalue weighted by Gasteiger charge is 2.11. The predicted octanol–water partition coefficient (Wildman–Crippen LogP) is 3.71. The molecule has 13 heavy (non-hydrogen) atoms. The summed E-state index contributed by atoms with van der Waals surface area (Å²) in [6.07, 6.45) is 3.51. The lowest BCUT2D eigenvalue weighted by molar-refractivity contribution is 1.31. The first kappa shape index (κ1) is 10.9. The van der Waals surface area contributed by atoms with Crippen LogP contribution in [0.1, 0.15) is 19.4 Å². The smallest absolute Gasteiger partial charge is 0.00176 e. The fourth-order valence-corrected chi connectivity index (χ4v) is 3.58. The Hall–Kier alpha value is -0.130. The summed E-state index contributed by atoms with van der Waals surface area (Å²) >= 11 is 5.70. The Kier molecular flexibility index (Phi) is 4.15. The zero-order valence-electron chi connectivity index (χ0n) is 8.36. The highest BCUT2D eigenvalue weighted by molar-refractivity contribution is 8.14. The van der Waals surface area contributed by atoms with Crippen LogP contribution in [0.25, 0.3) is 0 Å². The first-order valence-electron chi connectivity index (χ1n) is 4.81. The standard InChI is InChI=1S/C11H17PS/c1-3-12(13,4-2)10-11-8-6-5-7-9-11/h5-9H,3-4,10H2,1-2H3. The molecule has 0 amide bonds. The van der Waals surface area contributed by atoms with Gasteiger partial charge in [-0.2, -0.15) is 0 Å². The van der Waals surface area contributed by atoms with Gasteiger partial charge in [0, 0.05) is 6.16 Å². The second-order valence-electron chi connectivity index (χ2n) is 3.33. The van der Waals surface area contributed by atoms with Crippen LogP contribution in [0.5, 0.6) is 0 Å². The molecule has 0 nitrogen and oxygen atoms in total. The van der Waals surface area contributed by atoms with Crippen molar-refractivity contribution in [2.24, 2.45) is 0 Å². The van der Waals surface area contributed by atoms with Gasteiger partial charge in [-0.3, -0.25) is 0 Å². The summed E-state index contributed by atoms with van der Waals surface area (Å²) in [6, 6.07) is 9.56. The van der Waals surface area contributed by atoms with Gasteiger partial charge in [-0.15, -0.1) is 0 Å². The average molecular weight is 212 g/mol. The number of hydrogen-bond acceptors (Lipinski definition) is 1. The maximum atomic E-state index is 5.70. The van der Waals surface area contributed by atoms with Gasteiger partial charge in [-0.25, -0.2) is 0 Å². The van der Waals surface area contributed by atoms with Crippen LogP contribution in [-0.4, -0.2) is 12.3 Å². The zero-order valence-corrected chi connectivity index (χ0v) is 10.1. The molecule has 0 fully saturated rings. The van der Waals surface area contributed by atoms with E-state index in [1.807, 2.05) is 0 Å². The summed E-state index contributed by atoms with van der Waals surface area (Å²) in [5, 5.41) is 0. The molecule has 0 aliphatic heterocycles. The summed E-state index contributed by atoms with van der Waals surface area (Å²) in [6.45, 7) is 4.46. The van der Waals surface area contributed by atoms with Crippen LogP contribution in [0, 0.1) is 0 Å². The summed E-state index contributed by atoms with van der Waals surface area (Å²) < 4.78 is 0. The van der Waals surface area contributed by atoms with Crippen LogP contribution in [0.4, 0.5) is 0 Å². The van der Waals surface area contributed by atoms with E-state index in [0.717, 1.165) is 6.16 Å². The molecule has 0 bridgehead atoms. The lowest BCUT2D eigenvalue weighted by Crippen LogP contribution is -1.93. The van der Waals surface area contributed by atoms with Gasteiger partial charge in [0.2, 0.25) is 0 Å². The lowest BCUT2D eigenvalue weighted by atomic mass is 10.2. The Morgan fingerprint density at radius 1 is 1.08 bits per heavy atom. The van der Waals surface area contributed by atoms with Crippen molar-refractivity contribution in [3.8, 4) is 0 Å². The Labute approximate surface area is 86.4 Å². The average Bonchev–Trinajstić information content (AvgIpc) is 2.19. The minimum Gasteiger partial charge on any atom is -0.0972 e. The zero-order chi connectivity index (χ0) is 9.73. The quantitative estimate of drug-likeness (QED) is 0.686. The third-order valence-corrected chi connectivity index (χ3v) is 7.65. The molecule has 0 unspecified atom stereocenters. The van der Waals surface area contributed by atoms with Gasteiger partial charge >= 0.3 is 0 Å². The second-order valence-corrected chi connectivity index (χ2v) is 9.36. The van der Waals surface area contributed by atoms with E-state index in [4.69, 9.17) is 11.8 Å². The van der Waals surface area contributed by atoms with Crippen molar-refractivity contribution >= 4 is 17.8 Å². The largest absolute Gasteiger partial charge is 0.0972 e. The van der Waals surface area contributed by atoms with E-state index in [9.17, 15) is 0 Å². The normalized spacial score (nSPS) is 11.5. The van der Waals surface area contributed by atoms with Crippen molar-refractivity contribution in [3.05, 3.63) is 35.9 Å². The Bertz CT molecular complexity index is 284. The topological polar surface area (TPSA) is 0 Å². The maximum absolute atomic E-state index is 5.70. The Morgan fingerprint density at radius 3 is 2.08 bits per heavy atom. The van der Waals surface area contributed by atoms with E-state index in [-0.39, 0.29) is 0 Å². The molecule has 0 heterocycles. The highest BCUT2D eigenvalue weighted by Crippen LogP contribution is 2.48. The summed E-state index contributed by atoms with van der Waals surface area (Å²) in [5.41, 5.74) is 1.41. The summed E-state index contributed by atoms with van der Waals surface area (Å²) in [7, 11) is 0. The SMILES string of the molecule is CCP(=S)(CC)Cc1ccccc1. The molecule has 0 spiro atoms. The van der Waals surface area contributed by atoms with Crippen molar-refractivity contribution in [1.82, 2.24) is 0 Å². The van der Waals surface area contributed by atoms with Gasteiger partial charge in [-0.1, -0.05) is 56.0 Å². The molecule has 72 valence electrons. The molecule has 0 N–H and O–H groups in total.